The highest BCUT2D eigenvalue weighted by atomic mass is 35.5. The molecule has 0 spiro atoms. The van der Waals surface area contributed by atoms with Crippen LogP contribution in [0.15, 0.2) is 18.2 Å². The van der Waals surface area contributed by atoms with Gasteiger partial charge in [0.15, 0.2) is 0 Å². The van der Waals surface area contributed by atoms with Gasteiger partial charge in [0, 0.05) is 29.7 Å². The summed E-state index contributed by atoms with van der Waals surface area (Å²) < 4.78 is 0. The summed E-state index contributed by atoms with van der Waals surface area (Å²) in [5, 5.41) is 14.8. The highest BCUT2D eigenvalue weighted by molar-refractivity contribution is 6.30. The normalized spacial score (nSPS) is 17.6. The Bertz CT molecular complexity index is 471. The number of nitrogens with zero attached hydrogens (tertiary/aromatic N) is 1. The fourth-order valence-electron chi connectivity index (χ4n) is 2.78. The molecule has 0 aliphatic heterocycles. The van der Waals surface area contributed by atoms with Crippen molar-refractivity contribution >= 4 is 17.3 Å². The minimum Gasteiger partial charge on any atom is -0.312 e. The van der Waals surface area contributed by atoms with E-state index < -0.39 is 0 Å². The average Bonchev–Trinajstić information content (AvgIpc) is 2.76. The number of nitro benzene ring substituents is 1. The van der Waals surface area contributed by atoms with E-state index in [9.17, 15) is 10.1 Å². The first-order chi connectivity index (χ1) is 9.00. The first-order valence-corrected chi connectivity index (χ1v) is 7.02. The number of rotatable bonds is 5. The van der Waals surface area contributed by atoms with Crippen LogP contribution in [0, 0.1) is 15.5 Å². The fraction of sp³-hybridized carbons (Fsp3) is 0.571. The number of hydrogen-bond acceptors (Lipinski definition) is 3. The second kappa shape index (κ2) is 5.88. The smallest absolute Gasteiger partial charge is 0.273 e. The quantitative estimate of drug-likeness (QED) is 0.658. The van der Waals surface area contributed by atoms with Crippen LogP contribution < -0.4 is 5.32 Å². The van der Waals surface area contributed by atoms with Crippen molar-refractivity contribution in [3.05, 3.63) is 38.9 Å². The Kier molecular flexibility index (Phi) is 4.42. The summed E-state index contributed by atoms with van der Waals surface area (Å²) in [4.78, 5) is 10.6. The van der Waals surface area contributed by atoms with Crippen LogP contribution in [-0.2, 0) is 6.54 Å². The number of nitro groups is 1. The van der Waals surface area contributed by atoms with Gasteiger partial charge in [0.05, 0.1) is 4.92 Å². The van der Waals surface area contributed by atoms with E-state index in [1.165, 1.54) is 31.7 Å². The molecule has 0 saturated heterocycles. The monoisotopic (exact) mass is 282 g/mol. The molecule has 1 aromatic rings. The zero-order valence-corrected chi connectivity index (χ0v) is 11.9. The second-order valence-electron chi connectivity index (χ2n) is 5.65. The van der Waals surface area contributed by atoms with Crippen molar-refractivity contribution < 1.29 is 4.92 Å². The zero-order valence-electron chi connectivity index (χ0n) is 11.1. The molecule has 5 heteroatoms. The van der Waals surface area contributed by atoms with E-state index in [0.29, 0.717) is 22.5 Å². The maximum atomic E-state index is 11.0. The van der Waals surface area contributed by atoms with Gasteiger partial charge in [0.2, 0.25) is 0 Å². The third-order valence-electron chi connectivity index (χ3n) is 3.92. The second-order valence-corrected chi connectivity index (χ2v) is 6.09. The van der Waals surface area contributed by atoms with Gasteiger partial charge < -0.3 is 5.32 Å². The molecule has 0 heterocycles. The van der Waals surface area contributed by atoms with Crippen molar-refractivity contribution in [1.82, 2.24) is 5.32 Å². The summed E-state index contributed by atoms with van der Waals surface area (Å²) in [6.45, 7) is 3.67. The van der Waals surface area contributed by atoms with E-state index in [2.05, 4.69) is 12.2 Å². The molecule has 0 atom stereocenters. The first kappa shape index (κ1) is 14.3. The Labute approximate surface area is 118 Å². The highest BCUT2D eigenvalue weighted by Crippen LogP contribution is 2.36. The Hall–Kier alpha value is -1.13. The van der Waals surface area contributed by atoms with Gasteiger partial charge in [-0.15, -0.1) is 0 Å². The van der Waals surface area contributed by atoms with Crippen LogP contribution in [0.25, 0.3) is 0 Å². The molecule has 0 radical (unpaired) electrons. The van der Waals surface area contributed by atoms with Crippen molar-refractivity contribution in [1.29, 1.82) is 0 Å². The lowest BCUT2D eigenvalue weighted by atomic mass is 9.89. The summed E-state index contributed by atoms with van der Waals surface area (Å²) in [7, 11) is 0. The number of nitrogens with one attached hydrogen (secondary N) is 1. The van der Waals surface area contributed by atoms with E-state index in [0.717, 1.165) is 6.54 Å². The van der Waals surface area contributed by atoms with E-state index in [-0.39, 0.29) is 10.6 Å². The molecule has 2 rings (SSSR count). The molecule has 0 unspecified atom stereocenters. The molecule has 19 heavy (non-hydrogen) atoms. The number of benzene rings is 1. The van der Waals surface area contributed by atoms with Crippen molar-refractivity contribution in [3.8, 4) is 0 Å². The first-order valence-electron chi connectivity index (χ1n) is 6.64. The van der Waals surface area contributed by atoms with Gasteiger partial charge in [-0.2, -0.15) is 0 Å². The van der Waals surface area contributed by atoms with Crippen molar-refractivity contribution in [2.75, 3.05) is 6.54 Å². The van der Waals surface area contributed by atoms with Crippen LogP contribution in [-0.4, -0.2) is 11.5 Å². The van der Waals surface area contributed by atoms with Crippen LogP contribution in [0.5, 0.6) is 0 Å². The summed E-state index contributed by atoms with van der Waals surface area (Å²) in [5.74, 6) is 0. The van der Waals surface area contributed by atoms with Gasteiger partial charge in [0.1, 0.15) is 0 Å². The average molecular weight is 283 g/mol. The summed E-state index contributed by atoms with van der Waals surface area (Å²) in [6, 6.07) is 4.70. The summed E-state index contributed by atoms with van der Waals surface area (Å²) in [6.07, 6.45) is 5.04. The van der Waals surface area contributed by atoms with Gasteiger partial charge in [-0.3, -0.25) is 10.1 Å². The molecule has 1 aromatic carbocycles. The van der Waals surface area contributed by atoms with Gasteiger partial charge in [-0.25, -0.2) is 0 Å². The van der Waals surface area contributed by atoms with Gasteiger partial charge in [0.25, 0.3) is 5.69 Å². The Morgan fingerprint density at radius 1 is 1.42 bits per heavy atom. The summed E-state index contributed by atoms with van der Waals surface area (Å²) in [5.41, 5.74) is 1.13. The van der Waals surface area contributed by atoms with E-state index in [1.54, 1.807) is 12.1 Å². The maximum Gasteiger partial charge on any atom is 0.273 e. The lowest BCUT2D eigenvalue weighted by Gasteiger charge is -2.23. The van der Waals surface area contributed by atoms with Gasteiger partial charge in [-0.05, 0) is 30.4 Å². The zero-order chi connectivity index (χ0) is 13.9. The predicted octanol–water partition coefficient (Wildman–Crippen LogP) is 3.92. The van der Waals surface area contributed by atoms with Gasteiger partial charge >= 0.3 is 0 Å². The molecule has 4 nitrogen and oxygen atoms in total. The molecule has 1 aliphatic rings. The minimum atomic E-state index is -0.357. The molecule has 1 N–H and O–H groups in total. The van der Waals surface area contributed by atoms with Crippen LogP contribution in [0.4, 0.5) is 5.69 Å². The molecule has 104 valence electrons. The topological polar surface area (TPSA) is 55.2 Å². The Morgan fingerprint density at radius 2 is 2.11 bits per heavy atom. The van der Waals surface area contributed by atoms with E-state index in [1.807, 2.05) is 0 Å². The molecule has 1 fully saturated rings. The Morgan fingerprint density at radius 3 is 2.74 bits per heavy atom. The van der Waals surface area contributed by atoms with Crippen molar-refractivity contribution in [2.24, 2.45) is 5.41 Å². The van der Waals surface area contributed by atoms with E-state index >= 15 is 0 Å². The molecule has 0 aromatic heterocycles. The van der Waals surface area contributed by atoms with Gasteiger partial charge in [-0.1, -0.05) is 31.4 Å². The minimum absolute atomic E-state index is 0.133. The van der Waals surface area contributed by atoms with Crippen LogP contribution >= 0.6 is 11.6 Å². The lowest BCUT2D eigenvalue weighted by molar-refractivity contribution is -0.385. The molecule has 1 aliphatic carbocycles. The Balaban J connectivity index is 1.98. The fourth-order valence-corrected chi connectivity index (χ4v) is 2.97. The predicted molar refractivity (Wildman–Crippen MR) is 76.4 cm³/mol. The number of hydrogen-bond donors (Lipinski definition) is 1. The van der Waals surface area contributed by atoms with Crippen molar-refractivity contribution in [3.63, 3.8) is 0 Å². The van der Waals surface area contributed by atoms with Crippen LogP contribution in [0.1, 0.15) is 38.2 Å². The largest absolute Gasteiger partial charge is 0.312 e. The highest BCUT2D eigenvalue weighted by Gasteiger charge is 2.28. The molecular formula is C14H19ClN2O2. The van der Waals surface area contributed by atoms with Crippen LogP contribution in [0.3, 0.4) is 0 Å². The maximum absolute atomic E-state index is 11.0. The molecule has 1 saturated carbocycles. The lowest BCUT2D eigenvalue weighted by Crippen LogP contribution is -2.29. The third kappa shape index (κ3) is 3.67. The molecule has 0 amide bonds. The molecule has 0 bridgehead atoms. The molecular weight excluding hydrogens is 264 g/mol. The van der Waals surface area contributed by atoms with E-state index in [4.69, 9.17) is 11.6 Å². The SMILES string of the molecule is CC1(CNCc2cc(Cl)ccc2[N+](=O)[O-])CCCC1. The van der Waals surface area contributed by atoms with Crippen LogP contribution in [0.2, 0.25) is 5.02 Å². The van der Waals surface area contributed by atoms with Crippen molar-refractivity contribution in [2.45, 2.75) is 39.2 Å². The summed E-state index contributed by atoms with van der Waals surface area (Å²) >= 11 is 5.90. The number of halogens is 1. The standard InChI is InChI=1S/C14H19ClN2O2/c1-14(6-2-3-7-14)10-16-9-11-8-12(15)4-5-13(11)17(18)19/h4-5,8,16H,2-3,6-7,9-10H2,1H3. The third-order valence-corrected chi connectivity index (χ3v) is 4.15.